The van der Waals surface area contributed by atoms with E-state index in [0.29, 0.717) is 17.7 Å². The van der Waals surface area contributed by atoms with E-state index in [1.54, 1.807) is 0 Å². The smallest absolute Gasteiger partial charge is 0.253 e. The molecule has 184 valence electrons. The van der Waals surface area contributed by atoms with Crippen LogP contribution in [0.1, 0.15) is 69.3 Å². The van der Waals surface area contributed by atoms with Gasteiger partial charge in [-0.2, -0.15) is 0 Å². The van der Waals surface area contributed by atoms with Crippen molar-refractivity contribution in [1.82, 2.24) is 14.9 Å². The van der Waals surface area contributed by atoms with Crippen molar-refractivity contribution < 1.29 is 4.79 Å². The molecule has 0 atom stereocenters. The molecule has 0 fully saturated rings. The van der Waals surface area contributed by atoms with Crippen LogP contribution >= 0.6 is 0 Å². The zero-order chi connectivity index (χ0) is 25.7. The third-order valence-corrected chi connectivity index (χ3v) is 7.13. The van der Waals surface area contributed by atoms with Crippen LogP contribution in [0, 0.1) is 27.7 Å². The maximum atomic E-state index is 13.7. The number of rotatable bonds is 5. The van der Waals surface area contributed by atoms with Crippen molar-refractivity contribution in [3.8, 4) is 11.1 Å². The topological polar surface area (TPSA) is 79.2 Å². The van der Waals surface area contributed by atoms with Crippen LogP contribution in [0.3, 0.4) is 0 Å². The van der Waals surface area contributed by atoms with Gasteiger partial charge in [-0.15, -0.1) is 0 Å². The monoisotopic (exact) mass is 480 g/mol. The molecule has 2 N–H and O–H groups in total. The van der Waals surface area contributed by atoms with Crippen molar-refractivity contribution in [3.05, 3.63) is 91.5 Å². The fourth-order valence-corrected chi connectivity index (χ4v) is 5.30. The first-order valence-electron chi connectivity index (χ1n) is 12.4. The summed E-state index contributed by atoms with van der Waals surface area (Å²) in [6.07, 6.45) is 4.05. The van der Waals surface area contributed by atoms with Crippen LogP contribution in [-0.4, -0.2) is 21.7 Å². The average molecular weight is 481 g/mol. The van der Waals surface area contributed by atoms with Crippen LogP contribution in [0.5, 0.6) is 0 Å². The zero-order valence-electron chi connectivity index (χ0n) is 21.7. The van der Waals surface area contributed by atoms with Gasteiger partial charge in [0.2, 0.25) is 0 Å². The van der Waals surface area contributed by atoms with E-state index in [-0.39, 0.29) is 24.1 Å². The predicted octanol–water partition coefficient (Wildman–Crippen LogP) is 5.67. The van der Waals surface area contributed by atoms with Gasteiger partial charge in [-0.1, -0.05) is 0 Å². The maximum absolute atomic E-state index is 13.7. The van der Waals surface area contributed by atoms with Crippen molar-refractivity contribution in [3.63, 3.8) is 0 Å². The van der Waals surface area contributed by atoms with Gasteiger partial charge >= 0.3 is 0 Å². The number of pyridine rings is 1. The molecule has 0 unspecified atom stereocenters. The Hall–Kier alpha value is -3.93. The second-order valence-electron chi connectivity index (χ2n) is 10.2. The van der Waals surface area contributed by atoms with Crippen LogP contribution in [-0.2, 0) is 13.1 Å². The number of nitrogens with zero attached hydrogens (tertiary/aromatic N) is 2. The Labute approximate surface area is 211 Å². The number of aryl methyl sites for hydroxylation is 4. The number of fused-ring (bicyclic) bond motifs is 2. The molecule has 4 aromatic rings. The van der Waals surface area contributed by atoms with Gasteiger partial charge in [0.05, 0.1) is 6.54 Å². The van der Waals surface area contributed by atoms with E-state index < -0.39 is 0 Å². The molecule has 1 amide bonds. The lowest BCUT2D eigenvalue weighted by atomic mass is 9.92. The second-order valence-corrected chi connectivity index (χ2v) is 10.2. The summed E-state index contributed by atoms with van der Waals surface area (Å²) in [5.41, 5.74) is 10.4. The van der Waals surface area contributed by atoms with E-state index in [1.165, 1.54) is 5.56 Å². The quantitative estimate of drug-likeness (QED) is 0.386. The summed E-state index contributed by atoms with van der Waals surface area (Å²) in [5, 5.41) is 3.97. The summed E-state index contributed by atoms with van der Waals surface area (Å²) in [6.45, 7) is 13.1. The van der Waals surface area contributed by atoms with Gasteiger partial charge in [-0.05, 0) is 111 Å². The lowest BCUT2D eigenvalue weighted by Crippen LogP contribution is -2.28. The van der Waals surface area contributed by atoms with Crippen LogP contribution in [0.2, 0.25) is 0 Å². The number of nitrogens with one attached hydrogen (secondary N) is 2. The molecular weight excluding hydrogens is 448 g/mol. The summed E-state index contributed by atoms with van der Waals surface area (Å²) in [6, 6.07) is 10.7. The molecule has 2 aromatic heterocycles. The van der Waals surface area contributed by atoms with E-state index in [9.17, 15) is 9.59 Å². The Kier molecular flexibility index (Phi) is 5.91. The number of hydrogen-bond acceptors (Lipinski definition) is 3. The summed E-state index contributed by atoms with van der Waals surface area (Å²) in [7, 11) is 0. The van der Waals surface area contributed by atoms with Gasteiger partial charge in [0, 0.05) is 52.7 Å². The van der Waals surface area contributed by atoms with Gasteiger partial charge in [0.1, 0.15) is 0 Å². The second kappa shape index (κ2) is 8.94. The molecule has 0 saturated heterocycles. The highest BCUT2D eigenvalue weighted by molar-refractivity contribution is 6.09. The largest absolute Gasteiger partial charge is 0.348 e. The molecule has 0 spiro atoms. The number of aromatic nitrogens is 2. The summed E-state index contributed by atoms with van der Waals surface area (Å²) >= 11 is 0. The van der Waals surface area contributed by atoms with Gasteiger partial charge in [0.15, 0.2) is 0 Å². The van der Waals surface area contributed by atoms with Crippen LogP contribution in [0.25, 0.3) is 22.0 Å². The number of hydrogen-bond donors (Lipinski definition) is 2. The van der Waals surface area contributed by atoms with E-state index in [4.69, 9.17) is 0 Å². The van der Waals surface area contributed by atoms with Crippen molar-refractivity contribution in [1.29, 1.82) is 0 Å². The van der Waals surface area contributed by atoms with Crippen molar-refractivity contribution in [2.45, 2.75) is 60.7 Å². The lowest BCUT2D eigenvalue weighted by molar-refractivity contribution is 0.0952. The molecule has 3 heterocycles. The molecule has 6 heteroatoms. The first-order valence-corrected chi connectivity index (χ1v) is 12.4. The van der Waals surface area contributed by atoms with Crippen molar-refractivity contribution in [2.75, 3.05) is 0 Å². The fraction of sp³-hybridized carbons (Fsp3) is 0.300. The number of aromatic amines is 1. The zero-order valence-corrected chi connectivity index (χ0v) is 21.7. The molecule has 2 aromatic carbocycles. The Morgan fingerprint density at radius 3 is 2.56 bits per heavy atom. The lowest BCUT2D eigenvalue weighted by Gasteiger charge is -2.15. The van der Waals surface area contributed by atoms with Crippen LogP contribution in [0.4, 0.5) is 0 Å². The van der Waals surface area contributed by atoms with Gasteiger partial charge in [-0.25, -0.2) is 0 Å². The first kappa shape index (κ1) is 23.8. The van der Waals surface area contributed by atoms with Gasteiger partial charge in [-0.3, -0.25) is 14.6 Å². The van der Waals surface area contributed by atoms with Crippen LogP contribution in [0.15, 0.2) is 46.3 Å². The van der Waals surface area contributed by atoms with Crippen LogP contribution < -0.4 is 10.9 Å². The number of carbonyl (C=O) groups is 1. The standard InChI is InChI=1S/C30H32N4O2/c1-16(2)34-15-19(5)28-25(29(35)32-14-26-17(3)7-20(6)33-30(26)36)9-21(11-27(28)34)24-10-23-13-31-12-22(23)8-18(24)4/h7-12,15-16H,13-14H2,1-6H3,(H,32,35)(H,33,36). The van der Waals surface area contributed by atoms with E-state index >= 15 is 0 Å². The number of amides is 1. The normalized spacial score (nSPS) is 12.5. The SMILES string of the molecule is Cc1cc(C)c(CNC(=O)c2cc(-c3cc4c(cc3C)C=NC4)cc3c2c(C)cn3C(C)C)c(=O)[nH]1. The third-order valence-electron chi connectivity index (χ3n) is 7.13. The highest BCUT2D eigenvalue weighted by Crippen LogP contribution is 2.35. The summed E-state index contributed by atoms with van der Waals surface area (Å²) < 4.78 is 2.23. The molecule has 5 rings (SSSR count). The Morgan fingerprint density at radius 1 is 1.06 bits per heavy atom. The highest BCUT2D eigenvalue weighted by Gasteiger charge is 2.21. The minimum absolute atomic E-state index is 0.162. The van der Waals surface area contributed by atoms with Gasteiger partial charge < -0.3 is 14.9 Å². The molecule has 6 nitrogen and oxygen atoms in total. The molecule has 0 saturated carbocycles. The Balaban J connectivity index is 1.62. The summed E-state index contributed by atoms with van der Waals surface area (Å²) in [4.78, 5) is 33.4. The number of carbonyl (C=O) groups excluding carboxylic acids is 1. The molecular formula is C30H32N4O2. The first-order chi connectivity index (χ1) is 17.1. The van der Waals surface area contributed by atoms with Crippen molar-refractivity contribution >= 4 is 23.0 Å². The molecule has 1 aliphatic rings. The summed E-state index contributed by atoms with van der Waals surface area (Å²) in [5.74, 6) is -0.187. The predicted molar refractivity (Wildman–Crippen MR) is 146 cm³/mol. The number of benzene rings is 2. The van der Waals surface area contributed by atoms with Crippen molar-refractivity contribution in [2.24, 2.45) is 4.99 Å². The number of H-pyrrole nitrogens is 1. The molecule has 0 aliphatic carbocycles. The molecule has 36 heavy (non-hydrogen) atoms. The van der Waals surface area contributed by atoms with E-state index in [1.807, 2.05) is 39.1 Å². The molecule has 1 aliphatic heterocycles. The minimum Gasteiger partial charge on any atom is -0.348 e. The Bertz CT molecular complexity index is 1620. The molecule has 0 radical (unpaired) electrons. The maximum Gasteiger partial charge on any atom is 0.253 e. The highest BCUT2D eigenvalue weighted by atomic mass is 16.1. The van der Waals surface area contributed by atoms with E-state index in [2.05, 4.69) is 65.0 Å². The van der Waals surface area contributed by atoms with E-state index in [0.717, 1.165) is 50.0 Å². The molecule has 0 bridgehead atoms. The fourth-order valence-electron chi connectivity index (χ4n) is 5.30. The van der Waals surface area contributed by atoms with Gasteiger partial charge in [0.25, 0.3) is 11.5 Å². The average Bonchev–Trinajstić information content (AvgIpc) is 3.40. The third kappa shape index (κ3) is 4.06. The Morgan fingerprint density at radius 2 is 1.83 bits per heavy atom. The number of aliphatic imine (C=N–C) groups is 1. The minimum atomic E-state index is -0.187.